The number of aromatic amines is 1. The van der Waals surface area contributed by atoms with Gasteiger partial charge in [0.25, 0.3) is 5.91 Å². The molecule has 3 aromatic rings. The van der Waals surface area contributed by atoms with E-state index in [1.54, 1.807) is 4.90 Å². The zero-order valence-electron chi connectivity index (χ0n) is 16.2. The zero-order valence-corrected chi connectivity index (χ0v) is 16.2. The number of rotatable bonds is 6. The second-order valence-electron chi connectivity index (χ2n) is 6.81. The molecule has 1 aromatic carbocycles. The van der Waals surface area contributed by atoms with E-state index in [9.17, 15) is 4.79 Å². The van der Waals surface area contributed by atoms with Gasteiger partial charge in [-0.25, -0.2) is 4.98 Å². The molecule has 2 N–H and O–H groups in total. The van der Waals surface area contributed by atoms with Crippen LogP contribution in [0.3, 0.4) is 0 Å². The molecule has 0 radical (unpaired) electrons. The number of pyridine rings is 1. The van der Waals surface area contributed by atoms with Gasteiger partial charge in [0.05, 0.1) is 18.8 Å². The molecule has 8 nitrogen and oxygen atoms in total. The van der Waals surface area contributed by atoms with Gasteiger partial charge in [0.2, 0.25) is 0 Å². The van der Waals surface area contributed by atoms with E-state index in [0.29, 0.717) is 37.1 Å². The molecule has 150 valence electrons. The van der Waals surface area contributed by atoms with Gasteiger partial charge in [-0.1, -0.05) is 24.3 Å². The minimum Gasteiger partial charge on any atom is -0.484 e. The Morgan fingerprint density at radius 1 is 1.24 bits per heavy atom. The van der Waals surface area contributed by atoms with E-state index in [2.05, 4.69) is 20.5 Å². The molecule has 0 saturated carbocycles. The number of para-hydroxylation sites is 1. The zero-order chi connectivity index (χ0) is 20.1. The average molecular weight is 393 g/mol. The van der Waals surface area contributed by atoms with Crippen LogP contribution < -0.4 is 10.1 Å². The molecule has 0 spiro atoms. The molecule has 1 saturated heterocycles. The lowest BCUT2D eigenvalue weighted by molar-refractivity contribution is -0.141. The molecule has 0 aliphatic carbocycles. The molecule has 1 amide bonds. The van der Waals surface area contributed by atoms with Gasteiger partial charge in [-0.2, -0.15) is 5.10 Å². The highest BCUT2D eigenvalue weighted by molar-refractivity contribution is 5.78. The van der Waals surface area contributed by atoms with Gasteiger partial charge in [0.15, 0.2) is 12.4 Å². The number of anilines is 2. The van der Waals surface area contributed by atoms with Crippen LogP contribution in [0, 0.1) is 6.92 Å². The number of H-pyrrole nitrogens is 1. The normalized spacial score (nSPS) is 16.4. The van der Waals surface area contributed by atoms with Crippen LogP contribution in [0.2, 0.25) is 0 Å². The molecule has 29 heavy (non-hydrogen) atoms. The number of morpholine rings is 1. The molecular weight excluding hydrogens is 370 g/mol. The first kappa shape index (κ1) is 18.9. The van der Waals surface area contributed by atoms with Crippen LogP contribution in [0.5, 0.6) is 5.75 Å². The summed E-state index contributed by atoms with van der Waals surface area (Å²) in [4.78, 5) is 18.9. The Morgan fingerprint density at radius 2 is 2.10 bits per heavy atom. The lowest BCUT2D eigenvalue weighted by atomic mass is 10.2. The van der Waals surface area contributed by atoms with Gasteiger partial charge >= 0.3 is 0 Å². The van der Waals surface area contributed by atoms with Crippen molar-refractivity contribution in [1.82, 2.24) is 20.1 Å². The molecule has 0 bridgehead atoms. The Hall–Kier alpha value is -3.39. The number of nitrogens with one attached hydrogen (secondary N) is 2. The molecule has 1 aliphatic rings. The third kappa shape index (κ3) is 4.91. The van der Waals surface area contributed by atoms with Crippen molar-refractivity contribution < 1.29 is 14.3 Å². The molecule has 1 fully saturated rings. The Kier molecular flexibility index (Phi) is 5.71. The largest absolute Gasteiger partial charge is 0.484 e. The SMILES string of the molecule is Cc1cc(Nc2cccc([C@@H]3CN(C(=O)COc4ccccc4)CCO3)n2)n[nH]1. The molecule has 0 unspecified atom stereocenters. The monoisotopic (exact) mass is 393 g/mol. The summed E-state index contributed by atoms with van der Waals surface area (Å²) >= 11 is 0. The number of ether oxygens (including phenoxy) is 2. The highest BCUT2D eigenvalue weighted by Gasteiger charge is 2.26. The maximum Gasteiger partial charge on any atom is 0.260 e. The van der Waals surface area contributed by atoms with Crippen molar-refractivity contribution in [3.05, 3.63) is 66.0 Å². The molecular formula is C21H23N5O3. The van der Waals surface area contributed by atoms with Gasteiger partial charge in [-0.05, 0) is 31.2 Å². The minimum absolute atomic E-state index is 0.00423. The van der Waals surface area contributed by atoms with E-state index < -0.39 is 0 Å². The van der Waals surface area contributed by atoms with Crippen molar-refractivity contribution in [2.45, 2.75) is 13.0 Å². The highest BCUT2D eigenvalue weighted by Crippen LogP contribution is 2.23. The number of aryl methyl sites for hydroxylation is 1. The van der Waals surface area contributed by atoms with Crippen molar-refractivity contribution in [3.63, 3.8) is 0 Å². The number of carbonyl (C=O) groups is 1. The predicted octanol–water partition coefficient (Wildman–Crippen LogP) is 2.84. The van der Waals surface area contributed by atoms with Crippen molar-refractivity contribution in [2.75, 3.05) is 31.6 Å². The summed E-state index contributed by atoms with van der Waals surface area (Å²) in [6, 6.07) is 16.9. The summed E-state index contributed by atoms with van der Waals surface area (Å²) in [5.74, 6) is 1.99. The van der Waals surface area contributed by atoms with Crippen molar-refractivity contribution in [2.24, 2.45) is 0 Å². The fourth-order valence-electron chi connectivity index (χ4n) is 3.12. The second kappa shape index (κ2) is 8.74. The van der Waals surface area contributed by atoms with Crippen LogP contribution >= 0.6 is 0 Å². The maximum absolute atomic E-state index is 12.6. The molecule has 4 rings (SSSR count). The van der Waals surface area contributed by atoms with Crippen LogP contribution in [0.15, 0.2) is 54.6 Å². The molecule has 1 atom stereocenters. The van der Waals surface area contributed by atoms with E-state index in [1.807, 2.05) is 61.5 Å². The average Bonchev–Trinajstić information content (AvgIpc) is 3.17. The number of hydrogen-bond donors (Lipinski definition) is 2. The Labute approximate surface area is 168 Å². The molecule has 1 aliphatic heterocycles. The molecule has 3 heterocycles. The van der Waals surface area contributed by atoms with Crippen LogP contribution in [0.25, 0.3) is 0 Å². The quantitative estimate of drug-likeness (QED) is 0.669. The maximum atomic E-state index is 12.6. The van der Waals surface area contributed by atoms with Crippen LogP contribution in [-0.4, -0.2) is 52.3 Å². The smallest absolute Gasteiger partial charge is 0.260 e. The number of benzene rings is 1. The summed E-state index contributed by atoms with van der Waals surface area (Å²) in [6.45, 7) is 3.38. The fraction of sp³-hybridized carbons (Fsp3) is 0.286. The summed E-state index contributed by atoms with van der Waals surface area (Å²) in [5, 5.41) is 10.2. The first-order valence-electron chi connectivity index (χ1n) is 9.50. The topological polar surface area (TPSA) is 92.4 Å². The van der Waals surface area contributed by atoms with E-state index in [-0.39, 0.29) is 18.6 Å². The van der Waals surface area contributed by atoms with E-state index in [1.165, 1.54) is 0 Å². The second-order valence-corrected chi connectivity index (χ2v) is 6.81. The predicted molar refractivity (Wildman–Crippen MR) is 108 cm³/mol. The van der Waals surface area contributed by atoms with Crippen molar-refractivity contribution in [1.29, 1.82) is 0 Å². The number of hydrogen-bond acceptors (Lipinski definition) is 6. The fourth-order valence-corrected chi connectivity index (χ4v) is 3.12. The lowest BCUT2D eigenvalue weighted by Crippen LogP contribution is -2.44. The summed E-state index contributed by atoms with van der Waals surface area (Å²) in [6.07, 6.45) is -0.285. The van der Waals surface area contributed by atoms with Gasteiger partial charge in [-0.3, -0.25) is 9.89 Å². The summed E-state index contributed by atoms with van der Waals surface area (Å²) < 4.78 is 11.5. The van der Waals surface area contributed by atoms with Gasteiger partial charge in [0, 0.05) is 18.3 Å². The van der Waals surface area contributed by atoms with Crippen LogP contribution in [0.4, 0.5) is 11.6 Å². The third-order valence-corrected chi connectivity index (χ3v) is 4.59. The molecule has 8 heteroatoms. The standard InChI is InChI=1S/C21H23N5O3/c1-15-12-20(25-24-15)23-19-9-5-8-17(22-19)18-13-26(10-11-28-18)21(27)14-29-16-6-3-2-4-7-16/h2-9,12,18H,10-11,13-14H2,1H3,(H2,22,23,24,25)/t18-/m0/s1. The third-order valence-electron chi connectivity index (χ3n) is 4.59. The minimum atomic E-state index is -0.285. The number of aromatic nitrogens is 3. The highest BCUT2D eigenvalue weighted by atomic mass is 16.5. The number of carbonyl (C=O) groups excluding carboxylic acids is 1. The number of nitrogens with zero attached hydrogens (tertiary/aromatic N) is 3. The van der Waals surface area contributed by atoms with Gasteiger partial charge in [-0.15, -0.1) is 0 Å². The first-order valence-corrected chi connectivity index (χ1v) is 9.50. The van der Waals surface area contributed by atoms with Crippen molar-refractivity contribution >= 4 is 17.5 Å². The summed E-state index contributed by atoms with van der Waals surface area (Å²) in [5.41, 5.74) is 1.73. The Balaban J connectivity index is 1.37. The van der Waals surface area contributed by atoms with Crippen LogP contribution in [-0.2, 0) is 9.53 Å². The van der Waals surface area contributed by atoms with E-state index in [4.69, 9.17) is 9.47 Å². The first-order chi connectivity index (χ1) is 14.2. The summed E-state index contributed by atoms with van der Waals surface area (Å²) in [7, 11) is 0. The van der Waals surface area contributed by atoms with E-state index >= 15 is 0 Å². The van der Waals surface area contributed by atoms with Crippen LogP contribution in [0.1, 0.15) is 17.5 Å². The van der Waals surface area contributed by atoms with E-state index in [0.717, 1.165) is 11.4 Å². The Morgan fingerprint density at radius 3 is 2.90 bits per heavy atom. The van der Waals surface area contributed by atoms with Crippen molar-refractivity contribution in [3.8, 4) is 5.75 Å². The Bertz CT molecular complexity index is 960. The molecule has 2 aromatic heterocycles. The lowest BCUT2D eigenvalue weighted by Gasteiger charge is -2.32. The number of amides is 1. The van der Waals surface area contributed by atoms with Gasteiger partial charge < -0.3 is 19.7 Å². The van der Waals surface area contributed by atoms with Gasteiger partial charge in [0.1, 0.15) is 17.7 Å².